The Balaban J connectivity index is 1.12. The van der Waals surface area contributed by atoms with Gasteiger partial charge in [-0.15, -0.1) is 0 Å². The molecular weight excluding hydrogens is 677 g/mol. The molecule has 11 rings (SSSR count). The van der Waals surface area contributed by atoms with Gasteiger partial charge in [0.15, 0.2) is 0 Å². The maximum absolute atomic E-state index is 5.18. The molecule has 10 aromatic carbocycles. The zero-order valence-corrected chi connectivity index (χ0v) is 30.9. The lowest BCUT2D eigenvalue weighted by Gasteiger charge is -2.19. The Labute approximate surface area is 325 Å². The number of hydrogen-bond donors (Lipinski definition) is 0. The van der Waals surface area contributed by atoms with Gasteiger partial charge in [-0.2, -0.15) is 0 Å². The van der Waals surface area contributed by atoms with Crippen LogP contribution in [0.15, 0.2) is 200 Å². The molecule has 56 heavy (non-hydrogen) atoms. The van der Waals surface area contributed by atoms with Crippen LogP contribution in [0.3, 0.4) is 0 Å². The standard InChI is InChI=1S/C54H36N2/c1-35-19-30-51-50(31-35)55-54(56(51)45-15-3-2-4-16-45)39-24-20-38(21-25-39)42-28-29-48-49(34-42)53(44-27-23-37-12-6-8-14-41(37)33-44)47-18-10-9-17-46(47)52(48)43-26-22-36-11-5-7-13-40(36)32-43/h2-34H,1H3. The minimum Gasteiger partial charge on any atom is -0.292 e. The molecule has 0 spiro atoms. The molecule has 0 aliphatic heterocycles. The van der Waals surface area contributed by atoms with Gasteiger partial charge >= 0.3 is 0 Å². The van der Waals surface area contributed by atoms with E-state index in [0.717, 1.165) is 28.1 Å². The van der Waals surface area contributed by atoms with Crippen LogP contribution >= 0.6 is 0 Å². The van der Waals surface area contributed by atoms with Crippen LogP contribution in [0.25, 0.3) is 105 Å². The largest absolute Gasteiger partial charge is 0.292 e. The summed E-state index contributed by atoms with van der Waals surface area (Å²) in [5.41, 5.74) is 12.8. The predicted octanol–water partition coefficient (Wildman–Crippen LogP) is 14.6. The Morgan fingerprint density at radius 1 is 0.357 bits per heavy atom. The summed E-state index contributed by atoms with van der Waals surface area (Å²) < 4.78 is 2.27. The van der Waals surface area contributed by atoms with Crippen molar-refractivity contribution >= 4 is 54.1 Å². The predicted molar refractivity (Wildman–Crippen MR) is 238 cm³/mol. The number of fused-ring (bicyclic) bond motifs is 5. The molecule has 2 heteroatoms. The topological polar surface area (TPSA) is 17.8 Å². The number of nitrogens with zero attached hydrogens (tertiary/aromatic N) is 2. The first-order valence-electron chi connectivity index (χ1n) is 19.3. The Morgan fingerprint density at radius 3 is 1.54 bits per heavy atom. The number of benzene rings is 10. The minimum absolute atomic E-state index is 0.937. The van der Waals surface area contributed by atoms with Gasteiger partial charge in [0.25, 0.3) is 0 Å². The molecule has 0 N–H and O–H groups in total. The van der Waals surface area contributed by atoms with Gasteiger partial charge in [0.1, 0.15) is 5.82 Å². The summed E-state index contributed by atoms with van der Waals surface area (Å²) in [5.74, 6) is 0.937. The lowest BCUT2D eigenvalue weighted by molar-refractivity contribution is 1.10. The van der Waals surface area contributed by atoms with E-state index in [4.69, 9.17) is 4.98 Å². The van der Waals surface area contributed by atoms with Crippen LogP contribution < -0.4 is 0 Å². The van der Waals surface area contributed by atoms with Gasteiger partial charge in [0, 0.05) is 11.3 Å². The molecule has 2 nitrogen and oxygen atoms in total. The van der Waals surface area contributed by atoms with Gasteiger partial charge in [-0.05, 0) is 131 Å². The zero-order chi connectivity index (χ0) is 37.2. The van der Waals surface area contributed by atoms with Gasteiger partial charge in [-0.25, -0.2) is 4.98 Å². The second-order valence-corrected chi connectivity index (χ2v) is 14.9. The Morgan fingerprint density at radius 2 is 0.875 bits per heavy atom. The summed E-state index contributed by atoms with van der Waals surface area (Å²) in [6, 6.07) is 73.1. The summed E-state index contributed by atoms with van der Waals surface area (Å²) in [6.45, 7) is 2.12. The first kappa shape index (κ1) is 32.2. The quantitative estimate of drug-likeness (QED) is 0.162. The number of hydrogen-bond acceptors (Lipinski definition) is 1. The average molecular weight is 713 g/mol. The summed E-state index contributed by atoms with van der Waals surface area (Å²) >= 11 is 0. The van der Waals surface area contributed by atoms with E-state index >= 15 is 0 Å². The molecular formula is C54H36N2. The maximum Gasteiger partial charge on any atom is 0.145 e. The number of rotatable bonds is 5. The summed E-state index contributed by atoms with van der Waals surface area (Å²) in [7, 11) is 0. The van der Waals surface area contributed by atoms with Crippen LogP contribution in [0, 0.1) is 6.92 Å². The molecule has 0 aliphatic rings. The molecule has 1 heterocycles. The van der Waals surface area contributed by atoms with Crippen molar-refractivity contribution in [2.45, 2.75) is 6.92 Å². The highest BCUT2D eigenvalue weighted by Crippen LogP contribution is 2.46. The number of aromatic nitrogens is 2. The molecule has 0 atom stereocenters. The highest BCUT2D eigenvalue weighted by Gasteiger charge is 2.19. The molecule has 1 aromatic heterocycles. The van der Waals surface area contributed by atoms with Gasteiger partial charge < -0.3 is 0 Å². The third kappa shape index (κ3) is 5.30. The molecule has 0 bridgehead atoms. The van der Waals surface area contributed by atoms with Gasteiger partial charge in [0.05, 0.1) is 11.0 Å². The number of imidazole rings is 1. The van der Waals surface area contributed by atoms with E-state index in [0.29, 0.717) is 0 Å². The highest BCUT2D eigenvalue weighted by molar-refractivity contribution is 6.22. The average Bonchev–Trinajstić information content (AvgIpc) is 3.64. The lowest BCUT2D eigenvalue weighted by atomic mass is 9.84. The lowest BCUT2D eigenvalue weighted by Crippen LogP contribution is -1.97. The molecule has 0 unspecified atom stereocenters. The first-order valence-corrected chi connectivity index (χ1v) is 19.3. The second-order valence-electron chi connectivity index (χ2n) is 14.9. The van der Waals surface area contributed by atoms with Crippen LogP contribution in [0.2, 0.25) is 0 Å². The van der Waals surface area contributed by atoms with Gasteiger partial charge in [-0.1, -0.05) is 158 Å². The molecule has 11 aromatic rings. The van der Waals surface area contributed by atoms with Crippen molar-refractivity contribution in [3.8, 4) is 50.5 Å². The van der Waals surface area contributed by atoms with Crippen molar-refractivity contribution in [3.05, 3.63) is 206 Å². The number of aryl methyl sites for hydroxylation is 1. The van der Waals surface area contributed by atoms with Crippen molar-refractivity contribution in [1.29, 1.82) is 0 Å². The molecule has 262 valence electrons. The van der Waals surface area contributed by atoms with E-state index in [1.165, 1.54) is 82.0 Å². The van der Waals surface area contributed by atoms with E-state index in [1.54, 1.807) is 0 Å². The van der Waals surface area contributed by atoms with E-state index in [9.17, 15) is 0 Å². The summed E-state index contributed by atoms with van der Waals surface area (Å²) in [5, 5.41) is 9.97. The van der Waals surface area contributed by atoms with Crippen molar-refractivity contribution in [3.63, 3.8) is 0 Å². The van der Waals surface area contributed by atoms with Gasteiger partial charge in [-0.3, -0.25) is 4.57 Å². The number of para-hydroxylation sites is 1. The smallest absolute Gasteiger partial charge is 0.145 e. The fourth-order valence-electron chi connectivity index (χ4n) is 8.70. The van der Waals surface area contributed by atoms with Crippen molar-refractivity contribution in [2.75, 3.05) is 0 Å². The van der Waals surface area contributed by atoms with Crippen LogP contribution in [0.4, 0.5) is 0 Å². The molecule has 0 amide bonds. The first-order chi connectivity index (χ1) is 27.7. The summed E-state index contributed by atoms with van der Waals surface area (Å²) in [6.07, 6.45) is 0. The molecule has 0 aliphatic carbocycles. The third-order valence-corrected chi connectivity index (χ3v) is 11.4. The Bertz CT molecular complexity index is 3300. The molecule has 0 radical (unpaired) electrons. The van der Waals surface area contributed by atoms with Crippen molar-refractivity contribution in [2.24, 2.45) is 0 Å². The van der Waals surface area contributed by atoms with Crippen molar-refractivity contribution < 1.29 is 0 Å². The molecule has 0 saturated carbocycles. The zero-order valence-electron chi connectivity index (χ0n) is 30.9. The summed E-state index contributed by atoms with van der Waals surface area (Å²) in [4.78, 5) is 5.18. The fraction of sp³-hybridized carbons (Fsp3) is 0.0185. The van der Waals surface area contributed by atoms with Crippen LogP contribution in [0.1, 0.15) is 5.56 Å². The van der Waals surface area contributed by atoms with E-state index in [2.05, 4.69) is 212 Å². The maximum atomic E-state index is 5.18. The third-order valence-electron chi connectivity index (χ3n) is 11.4. The van der Waals surface area contributed by atoms with E-state index < -0.39 is 0 Å². The Kier molecular flexibility index (Phi) is 7.43. The monoisotopic (exact) mass is 712 g/mol. The Hall–Kier alpha value is -7.29. The van der Waals surface area contributed by atoms with E-state index in [-0.39, 0.29) is 0 Å². The SMILES string of the molecule is Cc1ccc2c(c1)nc(-c1ccc(-c3ccc4c(-c5ccc6ccccc6c5)c5ccccc5c(-c5ccc6ccccc6c5)c4c3)cc1)n2-c1ccccc1. The fourth-order valence-corrected chi connectivity index (χ4v) is 8.70. The molecule has 0 saturated heterocycles. The van der Waals surface area contributed by atoms with Crippen LogP contribution in [-0.2, 0) is 0 Å². The second kappa shape index (κ2) is 12.9. The van der Waals surface area contributed by atoms with Crippen LogP contribution in [-0.4, -0.2) is 9.55 Å². The highest BCUT2D eigenvalue weighted by atomic mass is 15.1. The molecule has 0 fully saturated rings. The van der Waals surface area contributed by atoms with E-state index in [1.807, 2.05) is 0 Å². The van der Waals surface area contributed by atoms with Crippen molar-refractivity contribution in [1.82, 2.24) is 9.55 Å². The normalized spacial score (nSPS) is 11.7. The minimum atomic E-state index is 0.937. The van der Waals surface area contributed by atoms with Crippen LogP contribution in [0.5, 0.6) is 0 Å². The van der Waals surface area contributed by atoms with Gasteiger partial charge in [0.2, 0.25) is 0 Å².